The molecule has 1 unspecified atom stereocenters. The zero-order chi connectivity index (χ0) is 15.8. The first-order valence-electron chi connectivity index (χ1n) is 7.11. The molecule has 0 amide bonds. The van der Waals surface area contributed by atoms with Crippen LogP contribution in [0.15, 0.2) is 17.0 Å². The standard InChI is InChI=1S/C15H21NO4S/c1-10-8-13(15(17)18)9-14(12(10)3)21(19,20)16-7-5-4-6-11(16)2/h8-9,11H,4-7H2,1-3H3,(H,17,18). The van der Waals surface area contributed by atoms with E-state index in [1.165, 1.54) is 16.4 Å². The molecule has 0 aliphatic carbocycles. The van der Waals surface area contributed by atoms with E-state index in [1.807, 2.05) is 6.92 Å². The van der Waals surface area contributed by atoms with Gasteiger partial charge in [0.05, 0.1) is 10.5 Å². The molecular formula is C15H21NO4S. The Morgan fingerprint density at radius 1 is 1.29 bits per heavy atom. The van der Waals surface area contributed by atoms with Crippen LogP contribution < -0.4 is 0 Å². The monoisotopic (exact) mass is 311 g/mol. The van der Waals surface area contributed by atoms with Crippen LogP contribution >= 0.6 is 0 Å². The SMILES string of the molecule is Cc1cc(C(=O)O)cc(S(=O)(=O)N2CCCCC2C)c1C. The molecule has 6 heteroatoms. The number of carboxylic acids is 1. The molecule has 1 heterocycles. The number of carbonyl (C=O) groups is 1. The molecular weight excluding hydrogens is 290 g/mol. The van der Waals surface area contributed by atoms with Gasteiger partial charge in [0, 0.05) is 12.6 Å². The van der Waals surface area contributed by atoms with E-state index in [0.717, 1.165) is 19.3 Å². The highest BCUT2D eigenvalue weighted by Crippen LogP contribution is 2.29. The second-order valence-electron chi connectivity index (χ2n) is 5.68. The highest BCUT2D eigenvalue weighted by Gasteiger charge is 2.32. The Morgan fingerprint density at radius 2 is 1.95 bits per heavy atom. The summed E-state index contributed by atoms with van der Waals surface area (Å²) >= 11 is 0. The summed E-state index contributed by atoms with van der Waals surface area (Å²) < 4.78 is 27.3. The molecule has 1 aromatic rings. The third-order valence-electron chi connectivity index (χ3n) is 4.20. The molecule has 1 aromatic carbocycles. The normalized spacial score (nSPS) is 20.4. The van der Waals surface area contributed by atoms with Crippen LogP contribution in [0.3, 0.4) is 0 Å². The molecule has 21 heavy (non-hydrogen) atoms. The molecule has 0 spiro atoms. The molecule has 0 saturated carbocycles. The van der Waals surface area contributed by atoms with Gasteiger partial charge in [0.15, 0.2) is 0 Å². The average molecular weight is 311 g/mol. The van der Waals surface area contributed by atoms with E-state index in [-0.39, 0.29) is 16.5 Å². The molecule has 1 aliphatic heterocycles. The Bertz CT molecular complexity index is 666. The van der Waals surface area contributed by atoms with Crippen molar-refractivity contribution in [3.05, 3.63) is 28.8 Å². The summed E-state index contributed by atoms with van der Waals surface area (Å²) in [6.45, 7) is 5.86. The summed E-state index contributed by atoms with van der Waals surface area (Å²) in [5, 5.41) is 9.14. The lowest BCUT2D eigenvalue weighted by atomic mass is 10.1. The number of aryl methyl sites for hydroxylation is 1. The van der Waals surface area contributed by atoms with Crippen molar-refractivity contribution in [3.63, 3.8) is 0 Å². The molecule has 2 rings (SSSR count). The zero-order valence-corrected chi connectivity index (χ0v) is 13.4. The summed E-state index contributed by atoms with van der Waals surface area (Å²) in [6, 6.07) is 2.74. The van der Waals surface area contributed by atoms with E-state index in [9.17, 15) is 13.2 Å². The Kier molecular flexibility index (Phi) is 4.39. The van der Waals surface area contributed by atoms with Gasteiger partial charge in [-0.15, -0.1) is 0 Å². The van der Waals surface area contributed by atoms with Crippen molar-refractivity contribution in [3.8, 4) is 0 Å². The van der Waals surface area contributed by atoms with Crippen LogP contribution in [0.1, 0.15) is 47.7 Å². The first kappa shape index (κ1) is 16.0. The van der Waals surface area contributed by atoms with E-state index < -0.39 is 16.0 Å². The number of hydrogen-bond acceptors (Lipinski definition) is 3. The van der Waals surface area contributed by atoms with E-state index in [0.29, 0.717) is 17.7 Å². The molecule has 1 aliphatic rings. The minimum atomic E-state index is -3.65. The lowest BCUT2D eigenvalue weighted by molar-refractivity contribution is 0.0696. The predicted molar refractivity (Wildman–Crippen MR) is 80.1 cm³/mol. The maximum absolute atomic E-state index is 12.9. The van der Waals surface area contributed by atoms with Crippen molar-refractivity contribution >= 4 is 16.0 Å². The van der Waals surface area contributed by atoms with Gasteiger partial charge in [-0.25, -0.2) is 13.2 Å². The number of carboxylic acid groups (broad SMARTS) is 1. The van der Waals surface area contributed by atoms with E-state index in [2.05, 4.69) is 0 Å². The molecule has 0 aromatic heterocycles. The highest BCUT2D eigenvalue weighted by molar-refractivity contribution is 7.89. The van der Waals surface area contributed by atoms with Crippen molar-refractivity contribution in [2.24, 2.45) is 0 Å². The van der Waals surface area contributed by atoms with Gasteiger partial charge in [0.1, 0.15) is 0 Å². The van der Waals surface area contributed by atoms with Gasteiger partial charge in [-0.05, 0) is 56.9 Å². The lowest BCUT2D eigenvalue weighted by Crippen LogP contribution is -2.42. The maximum atomic E-state index is 12.9. The van der Waals surface area contributed by atoms with E-state index in [1.54, 1.807) is 13.8 Å². The molecule has 1 atom stereocenters. The number of rotatable bonds is 3. The van der Waals surface area contributed by atoms with Gasteiger partial charge >= 0.3 is 5.97 Å². The van der Waals surface area contributed by atoms with Gasteiger partial charge in [-0.3, -0.25) is 0 Å². The van der Waals surface area contributed by atoms with Crippen LogP contribution in [0.5, 0.6) is 0 Å². The van der Waals surface area contributed by atoms with Crippen molar-refractivity contribution in [2.45, 2.75) is 51.0 Å². The van der Waals surface area contributed by atoms with Gasteiger partial charge in [0.25, 0.3) is 0 Å². The fourth-order valence-corrected chi connectivity index (χ4v) is 4.80. The molecule has 116 valence electrons. The predicted octanol–water partition coefficient (Wildman–Crippen LogP) is 2.56. The fourth-order valence-electron chi connectivity index (χ4n) is 2.77. The summed E-state index contributed by atoms with van der Waals surface area (Å²) in [7, 11) is -3.65. The summed E-state index contributed by atoms with van der Waals surface area (Å²) in [5.41, 5.74) is 1.32. The zero-order valence-electron chi connectivity index (χ0n) is 12.6. The topological polar surface area (TPSA) is 74.7 Å². The second kappa shape index (κ2) is 5.77. The summed E-state index contributed by atoms with van der Waals surface area (Å²) in [4.78, 5) is 11.3. The van der Waals surface area contributed by atoms with Crippen LogP contribution in [0, 0.1) is 13.8 Å². The van der Waals surface area contributed by atoms with Crippen LogP contribution in [0.2, 0.25) is 0 Å². The third kappa shape index (κ3) is 2.96. The molecule has 0 radical (unpaired) electrons. The number of sulfonamides is 1. The smallest absolute Gasteiger partial charge is 0.335 e. The largest absolute Gasteiger partial charge is 0.478 e. The molecule has 1 saturated heterocycles. The first-order valence-corrected chi connectivity index (χ1v) is 8.55. The highest BCUT2D eigenvalue weighted by atomic mass is 32.2. The van der Waals surface area contributed by atoms with Gasteiger partial charge < -0.3 is 5.11 Å². The Balaban J connectivity index is 2.56. The Labute approximate surface area is 125 Å². The van der Waals surface area contributed by atoms with Crippen LogP contribution in [0.4, 0.5) is 0 Å². The number of aromatic carboxylic acids is 1. The fraction of sp³-hybridized carbons (Fsp3) is 0.533. The van der Waals surface area contributed by atoms with E-state index >= 15 is 0 Å². The number of nitrogens with zero attached hydrogens (tertiary/aromatic N) is 1. The molecule has 1 fully saturated rings. The van der Waals surface area contributed by atoms with Gasteiger partial charge in [-0.1, -0.05) is 6.42 Å². The van der Waals surface area contributed by atoms with Crippen molar-refractivity contribution in [1.29, 1.82) is 0 Å². The minimum absolute atomic E-state index is 0.0151. The average Bonchev–Trinajstić information content (AvgIpc) is 2.41. The molecule has 5 nitrogen and oxygen atoms in total. The quantitative estimate of drug-likeness (QED) is 0.931. The van der Waals surface area contributed by atoms with Crippen LogP contribution in [0.25, 0.3) is 0 Å². The maximum Gasteiger partial charge on any atom is 0.335 e. The minimum Gasteiger partial charge on any atom is -0.478 e. The van der Waals surface area contributed by atoms with Gasteiger partial charge in [-0.2, -0.15) is 4.31 Å². The van der Waals surface area contributed by atoms with E-state index in [4.69, 9.17) is 5.11 Å². The van der Waals surface area contributed by atoms with Crippen molar-refractivity contribution in [2.75, 3.05) is 6.54 Å². The van der Waals surface area contributed by atoms with Crippen molar-refractivity contribution in [1.82, 2.24) is 4.31 Å². The van der Waals surface area contributed by atoms with Crippen LogP contribution in [-0.4, -0.2) is 36.4 Å². The first-order chi connectivity index (χ1) is 9.75. The Hall–Kier alpha value is -1.40. The Morgan fingerprint density at radius 3 is 2.52 bits per heavy atom. The lowest BCUT2D eigenvalue weighted by Gasteiger charge is -2.32. The van der Waals surface area contributed by atoms with Crippen LogP contribution in [-0.2, 0) is 10.0 Å². The molecule has 1 N–H and O–H groups in total. The summed E-state index contributed by atoms with van der Waals surface area (Å²) in [5.74, 6) is -1.11. The van der Waals surface area contributed by atoms with Gasteiger partial charge in [0.2, 0.25) is 10.0 Å². The second-order valence-corrected chi connectivity index (χ2v) is 7.54. The van der Waals surface area contributed by atoms with Crippen molar-refractivity contribution < 1.29 is 18.3 Å². The summed E-state index contributed by atoms with van der Waals surface area (Å²) in [6.07, 6.45) is 2.72. The number of benzene rings is 1. The number of hydrogen-bond donors (Lipinski definition) is 1. The molecule has 0 bridgehead atoms. The third-order valence-corrected chi connectivity index (χ3v) is 6.34. The number of piperidine rings is 1.